The van der Waals surface area contributed by atoms with Gasteiger partial charge in [-0.2, -0.15) is 0 Å². The lowest BCUT2D eigenvalue weighted by molar-refractivity contribution is 0.0633. The van der Waals surface area contributed by atoms with Crippen LogP contribution in [0.15, 0.2) is 24.3 Å². The summed E-state index contributed by atoms with van der Waals surface area (Å²) in [6, 6.07) is 7.30. The van der Waals surface area contributed by atoms with Crippen LogP contribution in [-0.2, 0) is 6.54 Å². The molecular weight excluding hydrogens is 382 g/mol. The normalized spacial score (nSPS) is 17.1. The molecule has 0 radical (unpaired) electrons. The number of hydrogen-bond acceptors (Lipinski definition) is 3. The van der Waals surface area contributed by atoms with Gasteiger partial charge in [-0.05, 0) is 50.8 Å². The molecule has 2 fully saturated rings. The molecule has 1 aromatic rings. The molecule has 5 amide bonds. The number of nitrogens with one attached hydrogen (secondary N) is 2. The molecule has 2 heterocycles. The number of amides is 5. The first kappa shape index (κ1) is 21.9. The van der Waals surface area contributed by atoms with Crippen molar-refractivity contribution in [1.29, 1.82) is 0 Å². The Morgan fingerprint density at radius 3 is 2.00 bits per heavy atom. The van der Waals surface area contributed by atoms with Gasteiger partial charge in [0.15, 0.2) is 0 Å². The summed E-state index contributed by atoms with van der Waals surface area (Å²) in [6.07, 6.45) is 3.36. The first-order valence-electron chi connectivity index (χ1n) is 10.9. The number of carbonyl (C=O) groups excluding carboxylic acids is 3. The van der Waals surface area contributed by atoms with Gasteiger partial charge in [0, 0.05) is 57.4 Å². The van der Waals surface area contributed by atoms with Gasteiger partial charge < -0.3 is 25.3 Å². The number of nitrogens with zero attached hydrogens (tertiary/aromatic N) is 3. The topological polar surface area (TPSA) is 85.0 Å². The van der Waals surface area contributed by atoms with Gasteiger partial charge in [0.25, 0.3) is 5.91 Å². The van der Waals surface area contributed by atoms with E-state index in [1.165, 1.54) is 6.42 Å². The minimum absolute atomic E-state index is 0.0165. The summed E-state index contributed by atoms with van der Waals surface area (Å²) in [6.45, 7) is 8.17. The Morgan fingerprint density at radius 1 is 0.833 bits per heavy atom. The molecule has 2 aliphatic heterocycles. The van der Waals surface area contributed by atoms with E-state index >= 15 is 0 Å². The predicted molar refractivity (Wildman–Crippen MR) is 115 cm³/mol. The highest BCUT2D eigenvalue weighted by Crippen LogP contribution is 2.15. The monoisotopic (exact) mass is 415 g/mol. The highest BCUT2D eigenvalue weighted by molar-refractivity contribution is 5.94. The Kier molecular flexibility index (Phi) is 7.54. The van der Waals surface area contributed by atoms with E-state index in [9.17, 15) is 14.4 Å². The fourth-order valence-electron chi connectivity index (χ4n) is 3.83. The number of likely N-dealkylation sites (tertiary alicyclic amines) is 1. The number of rotatable bonds is 4. The third-order valence-corrected chi connectivity index (χ3v) is 5.54. The molecule has 0 unspecified atom stereocenters. The van der Waals surface area contributed by atoms with Gasteiger partial charge in [0.1, 0.15) is 0 Å². The van der Waals surface area contributed by atoms with Gasteiger partial charge >= 0.3 is 12.1 Å². The van der Waals surface area contributed by atoms with Crippen LogP contribution in [0.4, 0.5) is 9.59 Å². The highest BCUT2D eigenvalue weighted by Gasteiger charge is 2.28. The minimum atomic E-state index is -0.206. The van der Waals surface area contributed by atoms with Gasteiger partial charge in [-0.25, -0.2) is 9.59 Å². The first-order chi connectivity index (χ1) is 14.4. The van der Waals surface area contributed by atoms with E-state index < -0.39 is 0 Å². The Hall–Kier alpha value is -2.77. The zero-order chi connectivity index (χ0) is 21.5. The van der Waals surface area contributed by atoms with Crippen LogP contribution in [0.1, 0.15) is 49.0 Å². The van der Waals surface area contributed by atoms with Crippen molar-refractivity contribution in [3.63, 3.8) is 0 Å². The minimum Gasteiger partial charge on any atom is -0.336 e. The van der Waals surface area contributed by atoms with Crippen molar-refractivity contribution >= 4 is 18.0 Å². The second kappa shape index (κ2) is 10.3. The van der Waals surface area contributed by atoms with Crippen molar-refractivity contribution in [2.45, 2.75) is 45.7 Å². The van der Waals surface area contributed by atoms with Crippen LogP contribution < -0.4 is 10.6 Å². The molecule has 2 saturated heterocycles. The number of benzene rings is 1. The predicted octanol–water partition coefficient (Wildman–Crippen LogP) is 2.26. The van der Waals surface area contributed by atoms with Crippen LogP contribution in [-0.4, -0.2) is 78.0 Å². The summed E-state index contributed by atoms with van der Waals surface area (Å²) in [7, 11) is 0. The van der Waals surface area contributed by atoms with Crippen LogP contribution in [0.2, 0.25) is 0 Å². The third kappa shape index (κ3) is 5.87. The summed E-state index contributed by atoms with van der Waals surface area (Å²) in [5.74, 6) is -0.0165. The fourth-order valence-corrected chi connectivity index (χ4v) is 3.83. The van der Waals surface area contributed by atoms with Gasteiger partial charge in [0.2, 0.25) is 0 Å². The Balaban J connectivity index is 1.46. The van der Waals surface area contributed by atoms with E-state index in [0.29, 0.717) is 38.3 Å². The molecule has 0 bridgehead atoms. The van der Waals surface area contributed by atoms with Crippen molar-refractivity contribution in [3.8, 4) is 0 Å². The Morgan fingerprint density at radius 2 is 1.40 bits per heavy atom. The number of hydrogen-bond donors (Lipinski definition) is 2. The lowest BCUT2D eigenvalue weighted by atomic mass is 10.1. The van der Waals surface area contributed by atoms with Crippen molar-refractivity contribution in [3.05, 3.63) is 35.4 Å². The first-order valence-corrected chi connectivity index (χ1v) is 10.9. The van der Waals surface area contributed by atoms with Crippen molar-refractivity contribution < 1.29 is 14.4 Å². The Labute approximate surface area is 178 Å². The molecule has 0 saturated carbocycles. The second-order valence-electron chi connectivity index (χ2n) is 8.29. The number of piperazine rings is 1. The van der Waals surface area contributed by atoms with Crippen LogP contribution in [0.5, 0.6) is 0 Å². The molecule has 0 aliphatic carbocycles. The van der Waals surface area contributed by atoms with Crippen LogP contribution in [0, 0.1) is 0 Å². The van der Waals surface area contributed by atoms with Crippen LogP contribution in [0.3, 0.4) is 0 Å². The number of urea groups is 2. The molecule has 2 aliphatic rings. The van der Waals surface area contributed by atoms with E-state index in [-0.39, 0.29) is 24.0 Å². The standard InChI is InChI=1S/C22H33N5O3/c1-17(2)24-21(29)23-16-18-6-8-19(9-7-18)20(28)25-12-14-27(15-13-25)22(30)26-10-4-3-5-11-26/h6-9,17H,3-5,10-16H2,1-2H3,(H2,23,24,29). The fraction of sp³-hybridized carbons (Fsp3) is 0.591. The molecule has 30 heavy (non-hydrogen) atoms. The summed E-state index contributed by atoms with van der Waals surface area (Å²) in [4.78, 5) is 42.7. The van der Waals surface area contributed by atoms with E-state index in [2.05, 4.69) is 10.6 Å². The average Bonchev–Trinajstić information content (AvgIpc) is 2.77. The lowest BCUT2D eigenvalue weighted by Gasteiger charge is -2.38. The van der Waals surface area contributed by atoms with Gasteiger partial charge in [-0.15, -0.1) is 0 Å². The van der Waals surface area contributed by atoms with Gasteiger partial charge in [-0.1, -0.05) is 12.1 Å². The summed E-state index contributed by atoms with van der Waals surface area (Å²) < 4.78 is 0. The molecule has 2 N–H and O–H groups in total. The molecule has 164 valence electrons. The van der Waals surface area contributed by atoms with E-state index in [4.69, 9.17) is 0 Å². The maximum Gasteiger partial charge on any atom is 0.320 e. The molecule has 8 nitrogen and oxygen atoms in total. The largest absolute Gasteiger partial charge is 0.336 e. The number of piperidine rings is 1. The highest BCUT2D eigenvalue weighted by atomic mass is 16.2. The third-order valence-electron chi connectivity index (χ3n) is 5.54. The van der Waals surface area contributed by atoms with Crippen molar-refractivity contribution in [1.82, 2.24) is 25.3 Å². The summed E-state index contributed by atoms with van der Waals surface area (Å²) in [5.41, 5.74) is 1.56. The molecule has 0 atom stereocenters. The maximum absolute atomic E-state index is 12.8. The quantitative estimate of drug-likeness (QED) is 0.791. The van der Waals surface area contributed by atoms with Gasteiger partial charge in [-0.3, -0.25) is 4.79 Å². The average molecular weight is 416 g/mol. The molecular formula is C22H33N5O3. The summed E-state index contributed by atoms with van der Waals surface area (Å²) >= 11 is 0. The smallest absolute Gasteiger partial charge is 0.320 e. The van der Waals surface area contributed by atoms with Crippen LogP contribution >= 0.6 is 0 Å². The molecule has 3 rings (SSSR count). The molecule has 0 spiro atoms. The van der Waals surface area contributed by atoms with E-state index in [0.717, 1.165) is 31.5 Å². The summed E-state index contributed by atoms with van der Waals surface area (Å²) in [5, 5.41) is 5.57. The SMILES string of the molecule is CC(C)NC(=O)NCc1ccc(C(=O)N2CCN(C(=O)N3CCCCC3)CC2)cc1. The molecule has 1 aromatic carbocycles. The zero-order valence-electron chi connectivity index (χ0n) is 18.0. The second-order valence-corrected chi connectivity index (χ2v) is 8.29. The van der Waals surface area contributed by atoms with E-state index in [1.807, 2.05) is 40.7 Å². The Bertz CT molecular complexity index is 736. The van der Waals surface area contributed by atoms with Crippen LogP contribution in [0.25, 0.3) is 0 Å². The van der Waals surface area contributed by atoms with Gasteiger partial charge in [0.05, 0.1) is 0 Å². The maximum atomic E-state index is 12.8. The number of carbonyl (C=O) groups is 3. The van der Waals surface area contributed by atoms with Crippen molar-refractivity contribution in [2.75, 3.05) is 39.3 Å². The zero-order valence-corrected chi connectivity index (χ0v) is 18.0. The van der Waals surface area contributed by atoms with Crippen molar-refractivity contribution in [2.24, 2.45) is 0 Å². The molecule has 8 heteroatoms. The van der Waals surface area contributed by atoms with E-state index in [1.54, 1.807) is 12.1 Å². The lowest BCUT2D eigenvalue weighted by Crippen LogP contribution is -2.54. The molecule has 0 aromatic heterocycles.